The number of carbonyl (C=O) groups excluding carboxylic acids is 1. The Bertz CT molecular complexity index is 774. The average molecular weight is 333 g/mol. The number of ether oxygens (including phenoxy) is 1. The number of aromatic amines is 1. The highest BCUT2D eigenvalue weighted by Crippen LogP contribution is 2.30. The molecular weight excluding hydrogens is 316 g/mol. The second-order valence-corrected chi connectivity index (χ2v) is 6.00. The number of hydrogen-bond acceptors (Lipinski definition) is 3. The van der Waals surface area contributed by atoms with E-state index in [1.165, 1.54) is 12.3 Å². The van der Waals surface area contributed by atoms with Crippen molar-refractivity contribution in [1.82, 2.24) is 9.88 Å². The molecule has 23 heavy (non-hydrogen) atoms. The summed E-state index contributed by atoms with van der Waals surface area (Å²) in [6.07, 6.45) is 1.21. The van der Waals surface area contributed by atoms with Crippen LogP contribution in [0.1, 0.15) is 28.9 Å². The van der Waals surface area contributed by atoms with Crippen LogP contribution in [0.3, 0.4) is 0 Å². The van der Waals surface area contributed by atoms with Gasteiger partial charge in [0, 0.05) is 28.4 Å². The van der Waals surface area contributed by atoms with E-state index < -0.39 is 0 Å². The van der Waals surface area contributed by atoms with E-state index >= 15 is 0 Å². The first-order valence-corrected chi connectivity index (χ1v) is 7.80. The van der Waals surface area contributed by atoms with Crippen molar-refractivity contribution >= 4 is 17.5 Å². The number of hydrogen-bond donors (Lipinski definition) is 1. The molecule has 0 saturated carbocycles. The van der Waals surface area contributed by atoms with E-state index in [-0.39, 0.29) is 23.6 Å². The Balaban J connectivity index is 1.85. The van der Waals surface area contributed by atoms with Crippen molar-refractivity contribution in [3.8, 4) is 0 Å². The fourth-order valence-corrected chi connectivity index (χ4v) is 2.96. The molecule has 2 atom stereocenters. The number of H-pyrrole nitrogens is 1. The van der Waals surface area contributed by atoms with Crippen LogP contribution in [0.25, 0.3) is 0 Å². The van der Waals surface area contributed by atoms with E-state index in [0.717, 1.165) is 5.56 Å². The molecule has 1 amide bonds. The lowest BCUT2D eigenvalue weighted by Crippen LogP contribution is -2.48. The first-order chi connectivity index (χ1) is 11.1. The standard InChI is InChI=1S/C17H17ClN2O3/c1-11-10-23-15(13-4-2-3-5-14(13)18)9-20(11)17(22)12-6-7-19-16(21)8-12/h2-8,11,15H,9-10H2,1H3,(H,19,21)/t11-,15-/m0/s1. The van der Waals surface area contributed by atoms with E-state index in [4.69, 9.17) is 16.3 Å². The lowest BCUT2D eigenvalue weighted by atomic mass is 10.0. The summed E-state index contributed by atoms with van der Waals surface area (Å²) in [5, 5.41) is 0.621. The van der Waals surface area contributed by atoms with E-state index in [1.54, 1.807) is 17.0 Å². The topological polar surface area (TPSA) is 62.4 Å². The Morgan fingerprint density at radius 3 is 2.87 bits per heavy atom. The van der Waals surface area contributed by atoms with Crippen LogP contribution in [0.4, 0.5) is 0 Å². The van der Waals surface area contributed by atoms with Gasteiger partial charge in [-0.2, -0.15) is 0 Å². The van der Waals surface area contributed by atoms with Gasteiger partial charge in [0.25, 0.3) is 5.91 Å². The second kappa shape index (κ2) is 6.56. The lowest BCUT2D eigenvalue weighted by Gasteiger charge is -2.38. The molecule has 2 heterocycles. The number of aromatic nitrogens is 1. The van der Waals surface area contributed by atoms with Crippen molar-refractivity contribution in [2.45, 2.75) is 19.1 Å². The number of nitrogens with one attached hydrogen (secondary N) is 1. The number of carbonyl (C=O) groups is 1. The van der Waals surface area contributed by atoms with E-state index in [0.29, 0.717) is 23.7 Å². The number of rotatable bonds is 2. The number of morpholine rings is 1. The number of pyridine rings is 1. The molecule has 0 aliphatic carbocycles. The molecule has 5 nitrogen and oxygen atoms in total. The van der Waals surface area contributed by atoms with Crippen LogP contribution in [-0.4, -0.2) is 35.0 Å². The van der Waals surface area contributed by atoms with E-state index in [2.05, 4.69) is 4.98 Å². The molecule has 0 radical (unpaired) electrons. The third-order valence-electron chi connectivity index (χ3n) is 3.97. The molecule has 1 fully saturated rings. The van der Waals surface area contributed by atoms with Gasteiger partial charge in [-0.1, -0.05) is 29.8 Å². The van der Waals surface area contributed by atoms with Crippen LogP contribution in [0.2, 0.25) is 5.02 Å². The first kappa shape index (κ1) is 15.8. The maximum atomic E-state index is 12.7. The first-order valence-electron chi connectivity index (χ1n) is 7.42. The van der Waals surface area contributed by atoms with Gasteiger partial charge in [0.1, 0.15) is 6.10 Å². The summed E-state index contributed by atoms with van der Waals surface area (Å²) >= 11 is 6.23. The molecule has 1 N–H and O–H groups in total. The Hall–Kier alpha value is -2.11. The van der Waals surface area contributed by atoms with Gasteiger partial charge < -0.3 is 14.6 Å². The predicted octanol–water partition coefficient (Wildman–Crippen LogP) is 2.63. The third kappa shape index (κ3) is 3.30. The summed E-state index contributed by atoms with van der Waals surface area (Å²) < 4.78 is 5.85. The minimum atomic E-state index is -0.292. The maximum Gasteiger partial charge on any atom is 0.254 e. The molecule has 1 saturated heterocycles. The molecule has 1 aromatic carbocycles. The summed E-state index contributed by atoms with van der Waals surface area (Å²) in [5.74, 6) is -0.177. The van der Waals surface area contributed by atoms with Gasteiger partial charge in [-0.3, -0.25) is 9.59 Å². The highest BCUT2D eigenvalue weighted by Gasteiger charge is 2.31. The van der Waals surface area contributed by atoms with Crippen molar-refractivity contribution in [3.63, 3.8) is 0 Å². The molecule has 120 valence electrons. The van der Waals surface area contributed by atoms with Gasteiger partial charge in [0.2, 0.25) is 5.56 Å². The van der Waals surface area contributed by atoms with Crippen molar-refractivity contribution in [3.05, 3.63) is 69.1 Å². The molecule has 0 bridgehead atoms. The van der Waals surface area contributed by atoms with E-state index in [1.807, 2.05) is 25.1 Å². The quantitative estimate of drug-likeness (QED) is 0.919. The average Bonchev–Trinajstić information content (AvgIpc) is 2.55. The minimum absolute atomic E-state index is 0.0690. The highest BCUT2D eigenvalue weighted by molar-refractivity contribution is 6.31. The molecule has 1 aliphatic rings. The fraction of sp³-hybridized carbons (Fsp3) is 0.294. The summed E-state index contributed by atoms with van der Waals surface area (Å²) in [5.41, 5.74) is 0.949. The minimum Gasteiger partial charge on any atom is -0.369 e. The van der Waals surface area contributed by atoms with Crippen molar-refractivity contribution in [2.24, 2.45) is 0 Å². The maximum absolute atomic E-state index is 12.7. The summed E-state index contributed by atoms with van der Waals surface area (Å²) in [6.45, 7) is 2.75. The Morgan fingerprint density at radius 1 is 1.35 bits per heavy atom. The number of benzene rings is 1. The van der Waals surface area contributed by atoms with Gasteiger partial charge in [-0.25, -0.2) is 0 Å². The van der Waals surface area contributed by atoms with Crippen LogP contribution < -0.4 is 5.56 Å². The van der Waals surface area contributed by atoms with Crippen LogP contribution in [0, 0.1) is 0 Å². The Kier molecular flexibility index (Phi) is 4.50. The summed E-state index contributed by atoms with van der Waals surface area (Å²) in [7, 11) is 0. The summed E-state index contributed by atoms with van der Waals surface area (Å²) in [4.78, 5) is 28.4. The number of halogens is 1. The zero-order valence-corrected chi connectivity index (χ0v) is 13.4. The smallest absolute Gasteiger partial charge is 0.254 e. The van der Waals surface area contributed by atoms with Gasteiger partial charge in [-0.05, 0) is 19.1 Å². The molecule has 0 unspecified atom stereocenters. The van der Waals surface area contributed by atoms with Gasteiger partial charge in [0.05, 0.1) is 19.2 Å². The van der Waals surface area contributed by atoms with Crippen molar-refractivity contribution in [2.75, 3.05) is 13.2 Å². The van der Waals surface area contributed by atoms with Crippen LogP contribution in [0.5, 0.6) is 0 Å². The number of amides is 1. The molecule has 1 aliphatic heterocycles. The van der Waals surface area contributed by atoms with E-state index in [9.17, 15) is 9.59 Å². The normalized spacial score (nSPS) is 21.2. The molecule has 3 rings (SSSR count). The SMILES string of the molecule is C[C@H]1CO[C@H](c2ccccc2Cl)CN1C(=O)c1cc[nH]c(=O)c1. The van der Waals surface area contributed by atoms with Crippen LogP contribution in [0.15, 0.2) is 47.4 Å². The lowest BCUT2D eigenvalue weighted by molar-refractivity contribution is -0.0486. The zero-order valence-electron chi connectivity index (χ0n) is 12.7. The third-order valence-corrected chi connectivity index (χ3v) is 4.31. The van der Waals surface area contributed by atoms with Crippen LogP contribution >= 0.6 is 11.6 Å². The molecule has 6 heteroatoms. The Labute approximate surface area is 138 Å². The molecule has 1 aromatic heterocycles. The van der Waals surface area contributed by atoms with Gasteiger partial charge in [-0.15, -0.1) is 0 Å². The van der Waals surface area contributed by atoms with Crippen molar-refractivity contribution < 1.29 is 9.53 Å². The predicted molar refractivity (Wildman–Crippen MR) is 87.7 cm³/mol. The second-order valence-electron chi connectivity index (χ2n) is 5.59. The monoisotopic (exact) mass is 332 g/mol. The molecule has 0 spiro atoms. The Morgan fingerprint density at radius 2 is 2.13 bits per heavy atom. The summed E-state index contributed by atoms with van der Waals surface area (Å²) in [6, 6.07) is 10.3. The zero-order chi connectivity index (χ0) is 16.4. The van der Waals surface area contributed by atoms with Gasteiger partial charge >= 0.3 is 0 Å². The highest BCUT2D eigenvalue weighted by atomic mass is 35.5. The molecular formula is C17H17ClN2O3. The van der Waals surface area contributed by atoms with Crippen LogP contribution in [-0.2, 0) is 4.74 Å². The van der Waals surface area contributed by atoms with Crippen molar-refractivity contribution in [1.29, 1.82) is 0 Å². The molecule has 2 aromatic rings. The number of nitrogens with zero attached hydrogens (tertiary/aromatic N) is 1. The largest absolute Gasteiger partial charge is 0.369 e. The van der Waals surface area contributed by atoms with Gasteiger partial charge in [0.15, 0.2) is 0 Å². The fourth-order valence-electron chi connectivity index (χ4n) is 2.71.